The lowest BCUT2D eigenvalue weighted by molar-refractivity contribution is 0.240. The summed E-state index contributed by atoms with van der Waals surface area (Å²) >= 11 is 0. The first kappa shape index (κ1) is 15.8. The minimum atomic E-state index is -0.240. The van der Waals surface area contributed by atoms with Crippen LogP contribution in [-0.4, -0.2) is 20.7 Å². The lowest BCUT2D eigenvalue weighted by Gasteiger charge is -2.12. The second-order valence-electron chi connectivity index (χ2n) is 5.44. The third-order valence-corrected chi connectivity index (χ3v) is 3.82. The number of para-hydroxylation sites is 1. The number of aromatic nitrogens is 3. The molecule has 0 aliphatic heterocycles. The fraction of sp³-hybridized carbons (Fsp3) is 0.235. The summed E-state index contributed by atoms with van der Waals surface area (Å²) in [7, 11) is 0. The average molecular weight is 325 g/mol. The van der Waals surface area contributed by atoms with Crippen molar-refractivity contribution >= 4 is 6.03 Å². The molecule has 124 valence electrons. The van der Waals surface area contributed by atoms with Gasteiger partial charge in [-0.15, -0.1) is 0 Å². The van der Waals surface area contributed by atoms with Crippen LogP contribution in [-0.2, 0) is 13.1 Å². The van der Waals surface area contributed by atoms with Crippen LogP contribution in [0.3, 0.4) is 0 Å². The zero-order valence-electron chi connectivity index (χ0n) is 13.6. The molecule has 0 unspecified atom stereocenters. The summed E-state index contributed by atoms with van der Waals surface area (Å²) in [6.07, 6.45) is 5.33. The summed E-state index contributed by atoms with van der Waals surface area (Å²) in [5.74, 6) is 0.721. The third-order valence-electron chi connectivity index (χ3n) is 3.82. The van der Waals surface area contributed by atoms with E-state index in [9.17, 15) is 4.79 Å². The van der Waals surface area contributed by atoms with Crippen LogP contribution in [0.5, 0.6) is 0 Å². The molecule has 3 rings (SSSR count). The number of benzene rings is 1. The number of hydrogen-bond acceptors (Lipinski definition) is 4. The topological polar surface area (TPSA) is 85.0 Å². The van der Waals surface area contributed by atoms with Crippen LogP contribution in [0.1, 0.15) is 22.6 Å². The summed E-state index contributed by atoms with van der Waals surface area (Å²) in [6, 6.07) is 7.62. The number of rotatable bonds is 5. The van der Waals surface area contributed by atoms with E-state index in [1.165, 1.54) is 0 Å². The highest BCUT2D eigenvalue weighted by molar-refractivity contribution is 5.74. The molecule has 0 aliphatic carbocycles. The van der Waals surface area contributed by atoms with Crippen molar-refractivity contribution in [3.8, 4) is 5.69 Å². The van der Waals surface area contributed by atoms with Crippen molar-refractivity contribution in [3.63, 3.8) is 0 Å². The second kappa shape index (κ2) is 6.99. The largest absolute Gasteiger partial charge is 0.361 e. The van der Waals surface area contributed by atoms with Gasteiger partial charge in [0.1, 0.15) is 5.76 Å². The number of urea groups is 1. The van der Waals surface area contributed by atoms with Gasteiger partial charge in [0.2, 0.25) is 0 Å². The van der Waals surface area contributed by atoms with Crippen LogP contribution in [0, 0.1) is 13.8 Å². The van der Waals surface area contributed by atoms with Gasteiger partial charge in [-0.3, -0.25) is 0 Å². The Bertz CT molecular complexity index is 804. The van der Waals surface area contributed by atoms with Crippen LogP contribution in [0.25, 0.3) is 5.69 Å². The first-order valence-corrected chi connectivity index (χ1v) is 7.65. The highest BCUT2D eigenvalue weighted by Gasteiger charge is 2.10. The average Bonchev–Trinajstić information content (AvgIpc) is 3.22. The molecule has 7 nitrogen and oxygen atoms in total. The quantitative estimate of drug-likeness (QED) is 0.755. The summed E-state index contributed by atoms with van der Waals surface area (Å²) in [6.45, 7) is 4.49. The fourth-order valence-corrected chi connectivity index (χ4v) is 2.47. The Labute approximate surface area is 139 Å². The third kappa shape index (κ3) is 3.45. The molecule has 2 heterocycles. The van der Waals surface area contributed by atoms with Gasteiger partial charge in [-0.1, -0.05) is 23.4 Å². The number of imidazole rings is 1. The maximum Gasteiger partial charge on any atom is 0.315 e. The van der Waals surface area contributed by atoms with Crippen LogP contribution in [0.15, 0.2) is 47.5 Å². The standard InChI is InChI=1S/C17H19N5O2/c1-12-15(13(2)24-21-12)10-20-17(23)19-9-14-5-3-4-6-16(14)22-8-7-18-11-22/h3-8,11H,9-10H2,1-2H3,(H2,19,20,23). The number of nitrogens with zero attached hydrogens (tertiary/aromatic N) is 3. The molecule has 0 saturated heterocycles. The van der Waals surface area contributed by atoms with Gasteiger partial charge in [0.05, 0.1) is 17.7 Å². The van der Waals surface area contributed by atoms with Crippen molar-refractivity contribution in [2.24, 2.45) is 0 Å². The van der Waals surface area contributed by atoms with Gasteiger partial charge in [0.25, 0.3) is 0 Å². The van der Waals surface area contributed by atoms with Crippen molar-refractivity contribution < 1.29 is 9.32 Å². The van der Waals surface area contributed by atoms with E-state index in [4.69, 9.17) is 4.52 Å². The zero-order valence-corrected chi connectivity index (χ0v) is 13.6. The van der Waals surface area contributed by atoms with Gasteiger partial charge < -0.3 is 19.7 Å². The summed E-state index contributed by atoms with van der Waals surface area (Å²) in [4.78, 5) is 16.1. The minimum Gasteiger partial charge on any atom is -0.361 e. The molecule has 0 radical (unpaired) electrons. The molecule has 2 amide bonds. The van der Waals surface area contributed by atoms with E-state index < -0.39 is 0 Å². The van der Waals surface area contributed by atoms with E-state index >= 15 is 0 Å². The van der Waals surface area contributed by atoms with E-state index in [0.29, 0.717) is 13.1 Å². The molecule has 2 aromatic heterocycles. The smallest absolute Gasteiger partial charge is 0.315 e. The first-order valence-electron chi connectivity index (χ1n) is 7.65. The Balaban J connectivity index is 1.59. The molecule has 1 aromatic carbocycles. The molecule has 0 atom stereocenters. The summed E-state index contributed by atoms with van der Waals surface area (Å²) in [5.41, 5.74) is 3.69. The van der Waals surface area contributed by atoms with Crippen molar-refractivity contribution in [1.29, 1.82) is 0 Å². The SMILES string of the molecule is Cc1noc(C)c1CNC(=O)NCc1ccccc1-n1ccnc1. The van der Waals surface area contributed by atoms with Gasteiger partial charge in [0.15, 0.2) is 0 Å². The number of amides is 2. The number of carbonyl (C=O) groups excluding carboxylic acids is 1. The van der Waals surface area contributed by atoms with Crippen LogP contribution in [0.4, 0.5) is 4.79 Å². The molecule has 0 aliphatic rings. The first-order chi connectivity index (χ1) is 11.6. The molecule has 7 heteroatoms. The highest BCUT2D eigenvalue weighted by Crippen LogP contribution is 2.14. The minimum absolute atomic E-state index is 0.240. The predicted octanol–water partition coefficient (Wildman–Crippen LogP) is 2.48. The van der Waals surface area contributed by atoms with Crippen LogP contribution < -0.4 is 10.6 Å². The Morgan fingerprint density at radius 1 is 1.21 bits per heavy atom. The number of carbonyl (C=O) groups is 1. The monoisotopic (exact) mass is 325 g/mol. The lowest BCUT2D eigenvalue weighted by atomic mass is 10.1. The van der Waals surface area contributed by atoms with Crippen molar-refractivity contribution in [2.45, 2.75) is 26.9 Å². The molecular weight excluding hydrogens is 306 g/mol. The zero-order chi connectivity index (χ0) is 16.9. The molecule has 0 bridgehead atoms. The normalized spacial score (nSPS) is 10.6. The maximum absolute atomic E-state index is 12.0. The lowest BCUT2D eigenvalue weighted by Crippen LogP contribution is -2.35. The molecule has 0 saturated carbocycles. The van der Waals surface area contributed by atoms with Crippen molar-refractivity contribution in [1.82, 2.24) is 25.3 Å². The van der Waals surface area contributed by atoms with E-state index in [1.54, 1.807) is 12.5 Å². The van der Waals surface area contributed by atoms with Crippen molar-refractivity contribution in [2.75, 3.05) is 0 Å². The molecule has 0 fully saturated rings. The number of hydrogen-bond donors (Lipinski definition) is 2. The molecule has 2 N–H and O–H groups in total. The van der Waals surface area contributed by atoms with Gasteiger partial charge in [-0.05, 0) is 25.5 Å². The number of aryl methyl sites for hydroxylation is 2. The Morgan fingerprint density at radius 3 is 2.71 bits per heavy atom. The highest BCUT2D eigenvalue weighted by atomic mass is 16.5. The Morgan fingerprint density at radius 2 is 2.00 bits per heavy atom. The Kier molecular flexibility index (Phi) is 4.60. The van der Waals surface area contributed by atoms with Crippen LogP contribution in [0.2, 0.25) is 0 Å². The molecule has 3 aromatic rings. The van der Waals surface area contributed by atoms with Gasteiger partial charge in [-0.25, -0.2) is 9.78 Å². The predicted molar refractivity (Wildman–Crippen MR) is 88.6 cm³/mol. The van der Waals surface area contributed by atoms with Crippen molar-refractivity contribution in [3.05, 3.63) is 65.6 Å². The van der Waals surface area contributed by atoms with E-state index in [2.05, 4.69) is 20.8 Å². The van der Waals surface area contributed by atoms with E-state index in [-0.39, 0.29) is 6.03 Å². The summed E-state index contributed by atoms with van der Waals surface area (Å²) in [5, 5.41) is 9.56. The molecule has 0 spiro atoms. The van der Waals surface area contributed by atoms with Gasteiger partial charge >= 0.3 is 6.03 Å². The number of nitrogens with one attached hydrogen (secondary N) is 2. The van der Waals surface area contributed by atoms with Gasteiger partial charge in [-0.2, -0.15) is 0 Å². The fourth-order valence-electron chi connectivity index (χ4n) is 2.47. The van der Waals surface area contributed by atoms with E-state index in [0.717, 1.165) is 28.3 Å². The summed E-state index contributed by atoms with van der Waals surface area (Å²) < 4.78 is 7.00. The molecular formula is C17H19N5O2. The van der Waals surface area contributed by atoms with Gasteiger partial charge in [0, 0.05) is 31.0 Å². The van der Waals surface area contributed by atoms with Crippen LogP contribution >= 0.6 is 0 Å². The second-order valence-corrected chi connectivity index (χ2v) is 5.44. The van der Waals surface area contributed by atoms with E-state index in [1.807, 2.05) is 48.9 Å². The Hall–Kier alpha value is -3.09. The maximum atomic E-state index is 12.0. The molecule has 24 heavy (non-hydrogen) atoms.